The van der Waals surface area contributed by atoms with Crippen LogP contribution in [0.3, 0.4) is 0 Å². The third kappa shape index (κ3) is 2.29. The summed E-state index contributed by atoms with van der Waals surface area (Å²) in [6.07, 6.45) is 4.28. The van der Waals surface area contributed by atoms with Gasteiger partial charge in [0.05, 0.1) is 5.60 Å². The van der Waals surface area contributed by atoms with Gasteiger partial charge in [0, 0.05) is 6.04 Å². The van der Waals surface area contributed by atoms with E-state index >= 15 is 0 Å². The van der Waals surface area contributed by atoms with Gasteiger partial charge in [-0.25, -0.2) is 0 Å². The van der Waals surface area contributed by atoms with E-state index in [1.807, 2.05) is 24.3 Å². The van der Waals surface area contributed by atoms with Crippen LogP contribution in [-0.2, 0) is 4.79 Å². The molecule has 0 radical (unpaired) electrons. The SMILES string of the molecule is O=C(N[C@H]1[C@@H]2CC3C[C@H]1C[C@](O)(C3)C2)C1COc2ccccc2O1. The van der Waals surface area contributed by atoms with E-state index in [0.29, 0.717) is 29.3 Å². The third-order valence-corrected chi connectivity index (χ3v) is 6.35. The maximum absolute atomic E-state index is 12.7. The van der Waals surface area contributed by atoms with Gasteiger partial charge in [0.2, 0.25) is 6.10 Å². The predicted octanol–water partition coefficient (Wildman–Crippen LogP) is 1.88. The fraction of sp³-hybridized carbons (Fsp3) is 0.632. The summed E-state index contributed by atoms with van der Waals surface area (Å²) >= 11 is 0. The summed E-state index contributed by atoms with van der Waals surface area (Å²) in [6.45, 7) is 0.247. The van der Waals surface area contributed by atoms with Gasteiger partial charge in [0.1, 0.15) is 6.61 Å². The number of hydrogen-bond donors (Lipinski definition) is 2. The molecule has 4 fully saturated rings. The molecule has 2 N–H and O–H groups in total. The van der Waals surface area contributed by atoms with Crippen LogP contribution in [0.2, 0.25) is 0 Å². The maximum atomic E-state index is 12.7. The highest BCUT2D eigenvalue weighted by Gasteiger charge is 2.55. The van der Waals surface area contributed by atoms with Gasteiger partial charge in [-0.1, -0.05) is 12.1 Å². The zero-order chi connectivity index (χ0) is 16.3. The molecule has 0 saturated heterocycles. The van der Waals surface area contributed by atoms with E-state index in [1.54, 1.807) is 0 Å². The van der Waals surface area contributed by atoms with Gasteiger partial charge in [-0.3, -0.25) is 4.79 Å². The van der Waals surface area contributed by atoms with Crippen molar-refractivity contribution in [1.82, 2.24) is 5.32 Å². The Morgan fingerprint density at radius 3 is 2.54 bits per heavy atom. The topological polar surface area (TPSA) is 67.8 Å². The fourth-order valence-corrected chi connectivity index (χ4v) is 5.62. The second-order valence-corrected chi connectivity index (χ2v) is 8.09. The zero-order valence-electron chi connectivity index (χ0n) is 13.6. The van der Waals surface area contributed by atoms with Crippen LogP contribution >= 0.6 is 0 Å². The minimum absolute atomic E-state index is 0.0889. The van der Waals surface area contributed by atoms with Crippen molar-refractivity contribution in [2.75, 3.05) is 6.61 Å². The summed E-state index contributed by atoms with van der Waals surface area (Å²) in [4.78, 5) is 12.7. The highest BCUT2D eigenvalue weighted by atomic mass is 16.6. The molecule has 4 saturated carbocycles. The molecule has 2 unspecified atom stereocenters. The van der Waals surface area contributed by atoms with Crippen LogP contribution in [0, 0.1) is 17.8 Å². The summed E-state index contributed by atoms with van der Waals surface area (Å²) in [5.41, 5.74) is -0.471. The first-order chi connectivity index (χ1) is 11.6. The quantitative estimate of drug-likeness (QED) is 0.869. The average molecular weight is 329 g/mol. The molecule has 1 heterocycles. The van der Waals surface area contributed by atoms with E-state index in [-0.39, 0.29) is 18.6 Å². The van der Waals surface area contributed by atoms with Crippen LogP contribution in [0.25, 0.3) is 0 Å². The second kappa shape index (κ2) is 5.12. The van der Waals surface area contributed by atoms with E-state index in [0.717, 1.165) is 32.1 Å². The number of carbonyl (C=O) groups is 1. The van der Waals surface area contributed by atoms with Gasteiger partial charge in [-0.2, -0.15) is 0 Å². The van der Waals surface area contributed by atoms with Gasteiger partial charge in [0.25, 0.3) is 5.91 Å². The first-order valence-corrected chi connectivity index (χ1v) is 9.01. The molecule has 5 aliphatic rings. The number of hydrogen-bond acceptors (Lipinski definition) is 4. The minimum atomic E-state index is -0.597. The van der Waals surface area contributed by atoms with Crippen molar-refractivity contribution in [3.05, 3.63) is 24.3 Å². The van der Waals surface area contributed by atoms with Crippen molar-refractivity contribution in [3.63, 3.8) is 0 Å². The monoisotopic (exact) mass is 329 g/mol. The number of ether oxygens (including phenoxy) is 2. The number of aliphatic hydroxyl groups is 1. The molecule has 1 amide bonds. The van der Waals surface area contributed by atoms with Gasteiger partial charge in [-0.05, 0) is 62.0 Å². The smallest absolute Gasteiger partial charge is 0.264 e. The number of para-hydroxylation sites is 2. The number of rotatable bonds is 2. The predicted molar refractivity (Wildman–Crippen MR) is 86.8 cm³/mol. The molecule has 0 spiro atoms. The lowest BCUT2D eigenvalue weighted by Crippen LogP contribution is -2.63. The summed E-state index contributed by atoms with van der Waals surface area (Å²) in [5, 5.41) is 13.9. The molecule has 4 bridgehead atoms. The summed E-state index contributed by atoms with van der Waals surface area (Å²) < 4.78 is 11.5. The Kier molecular flexibility index (Phi) is 3.11. The molecule has 1 aromatic rings. The van der Waals surface area contributed by atoms with Crippen molar-refractivity contribution >= 4 is 5.91 Å². The second-order valence-electron chi connectivity index (χ2n) is 8.09. The zero-order valence-corrected chi connectivity index (χ0v) is 13.6. The van der Waals surface area contributed by atoms with E-state index in [2.05, 4.69) is 5.32 Å². The van der Waals surface area contributed by atoms with Crippen LogP contribution in [0.4, 0.5) is 0 Å². The summed E-state index contributed by atoms with van der Waals surface area (Å²) in [6, 6.07) is 7.62. The number of benzene rings is 1. The van der Waals surface area contributed by atoms with E-state index in [9.17, 15) is 9.90 Å². The highest BCUT2D eigenvalue weighted by molar-refractivity contribution is 5.82. The van der Waals surface area contributed by atoms with E-state index in [1.165, 1.54) is 0 Å². The molecule has 1 aliphatic heterocycles. The van der Waals surface area contributed by atoms with Crippen LogP contribution in [0.1, 0.15) is 32.1 Å². The van der Waals surface area contributed by atoms with Gasteiger partial charge in [0.15, 0.2) is 11.5 Å². The first-order valence-electron chi connectivity index (χ1n) is 9.01. The Hall–Kier alpha value is -1.75. The van der Waals surface area contributed by atoms with Crippen molar-refractivity contribution in [1.29, 1.82) is 0 Å². The molecule has 6 rings (SSSR count). The molecule has 0 aromatic heterocycles. The Morgan fingerprint density at radius 2 is 1.83 bits per heavy atom. The van der Waals surface area contributed by atoms with Crippen LogP contribution in [0.15, 0.2) is 24.3 Å². The standard InChI is InChI=1S/C19H23NO4/c21-18(16-10-23-14-3-1-2-4-15(14)24-16)20-17-12-5-11-6-13(17)9-19(22,7-11)8-12/h1-4,11-13,16-17,22H,5-10H2,(H,20,21)/t11?,12-,13+,16?,17+,19+. The molecular weight excluding hydrogens is 306 g/mol. The summed E-state index contributed by atoms with van der Waals surface area (Å²) in [7, 11) is 0. The maximum Gasteiger partial charge on any atom is 0.264 e. The molecule has 5 nitrogen and oxygen atoms in total. The van der Waals surface area contributed by atoms with Crippen LogP contribution < -0.4 is 14.8 Å². The largest absolute Gasteiger partial charge is 0.485 e. The average Bonchev–Trinajstić information content (AvgIpc) is 2.56. The lowest BCUT2D eigenvalue weighted by molar-refractivity contribution is -0.150. The lowest BCUT2D eigenvalue weighted by atomic mass is 9.52. The van der Waals surface area contributed by atoms with E-state index in [4.69, 9.17) is 9.47 Å². The highest BCUT2D eigenvalue weighted by Crippen LogP contribution is 2.55. The number of nitrogens with one attached hydrogen (secondary N) is 1. The molecule has 1 aromatic carbocycles. The normalized spacial score (nSPS) is 42.0. The van der Waals surface area contributed by atoms with Crippen molar-refractivity contribution in [2.24, 2.45) is 17.8 Å². The Morgan fingerprint density at radius 1 is 1.12 bits per heavy atom. The van der Waals surface area contributed by atoms with Crippen LogP contribution in [0.5, 0.6) is 11.5 Å². The number of amides is 1. The Labute approximate surface area is 141 Å². The molecular formula is C19H23NO4. The number of carbonyl (C=O) groups excluding carboxylic acids is 1. The molecule has 5 heteroatoms. The Balaban J connectivity index is 1.28. The molecule has 6 atom stereocenters. The number of fused-ring (bicyclic) bond motifs is 1. The van der Waals surface area contributed by atoms with E-state index < -0.39 is 11.7 Å². The first kappa shape index (κ1) is 14.6. The minimum Gasteiger partial charge on any atom is -0.485 e. The van der Waals surface area contributed by atoms with Gasteiger partial charge >= 0.3 is 0 Å². The Bertz CT molecular complexity index is 659. The van der Waals surface area contributed by atoms with Crippen LogP contribution in [-0.4, -0.2) is 35.4 Å². The lowest BCUT2D eigenvalue weighted by Gasteiger charge is -2.58. The summed E-state index contributed by atoms with van der Waals surface area (Å²) in [5.74, 6) is 2.68. The van der Waals surface area contributed by atoms with Crippen molar-refractivity contribution in [3.8, 4) is 11.5 Å². The molecule has 24 heavy (non-hydrogen) atoms. The van der Waals surface area contributed by atoms with Gasteiger partial charge < -0.3 is 19.9 Å². The molecule has 4 aliphatic carbocycles. The molecule has 128 valence electrons. The van der Waals surface area contributed by atoms with Crippen molar-refractivity contribution in [2.45, 2.75) is 49.9 Å². The van der Waals surface area contributed by atoms with Gasteiger partial charge in [-0.15, -0.1) is 0 Å². The third-order valence-electron chi connectivity index (χ3n) is 6.35. The van der Waals surface area contributed by atoms with Crippen molar-refractivity contribution < 1.29 is 19.4 Å². The fourth-order valence-electron chi connectivity index (χ4n) is 5.62.